The summed E-state index contributed by atoms with van der Waals surface area (Å²) < 4.78 is 51.5. The molecule has 2 aliphatic heterocycles. The number of H-pyrrole nitrogens is 1. The third-order valence-corrected chi connectivity index (χ3v) is 6.67. The van der Waals surface area contributed by atoms with Gasteiger partial charge in [0.15, 0.2) is 12.5 Å². The van der Waals surface area contributed by atoms with Crippen LogP contribution in [0.5, 0.6) is 0 Å². The molecule has 2 aromatic rings. The number of hydrogen-bond acceptors (Lipinski definition) is 14. The Bertz CT molecular complexity index is 1340. The predicted molar refractivity (Wildman–Crippen MR) is 135 cm³/mol. The monoisotopic (exact) mass is 642 g/mol. The number of aliphatic hydroxyl groups excluding tert-OH is 5. The molecule has 248 valence electrons. The molecule has 0 spiro atoms. The highest BCUT2D eigenvalue weighted by Crippen LogP contribution is 2.39. The van der Waals surface area contributed by atoms with Crippen molar-refractivity contribution >= 4 is 5.97 Å². The fourth-order valence-electron chi connectivity index (χ4n) is 4.39. The fourth-order valence-corrected chi connectivity index (χ4v) is 4.39. The standard InChI is InChI=1S/C21H32N6O10.C2HF3O2/c22-8-11-13(30)16(33)20(35-11)37-17(10-9-26(25-24-10)5-2-1-3-7-28)18-14(31)15(32)19(36-18)27-6-4-12(29)23-21(27)34;3-2(4,5)1(6)7/h4,6,9,11,13-20,28,30-33H,1-3,5,7-8,22H2,(H,23,29,34);(H,6,7)/t11-,13-,14+,15-,16-,17+,18+,19-,20+;/m1./s1. The van der Waals surface area contributed by atoms with E-state index in [9.17, 15) is 43.2 Å². The minimum absolute atomic E-state index is 0.0800. The molecule has 9 N–H and O–H groups in total. The zero-order chi connectivity index (χ0) is 32.8. The molecule has 0 bridgehead atoms. The molecule has 2 fully saturated rings. The minimum atomic E-state index is -5.08. The average Bonchev–Trinajstić information content (AvgIpc) is 3.62. The van der Waals surface area contributed by atoms with Crippen LogP contribution in [0.3, 0.4) is 0 Å². The van der Waals surface area contributed by atoms with Crippen LogP contribution in [0.25, 0.3) is 0 Å². The third kappa shape index (κ3) is 8.46. The lowest BCUT2D eigenvalue weighted by Gasteiger charge is -2.28. The maximum atomic E-state index is 12.3. The second-order valence-corrected chi connectivity index (χ2v) is 9.80. The summed E-state index contributed by atoms with van der Waals surface area (Å²) in [5.41, 5.74) is 4.23. The normalized spacial score (nSPS) is 29.3. The van der Waals surface area contributed by atoms with Crippen molar-refractivity contribution in [3.8, 4) is 0 Å². The van der Waals surface area contributed by atoms with Crippen molar-refractivity contribution < 1.29 is 62.8 Å². The number of nitrogens with one attached hydrogen (secondary N) is 1. The summed E-state index contributed by atoms with van der Waals surface area (Å²) in [6, 6.07) is 1.06. The van der Waals surface area contributed by atoms with Gasteiger partial charge < -0.3 is 50.6 Å². The highest BCUT2D eigenvalue weighted by atomic mass is 19.4. The van der Waals surface area contributed by atoms with Crippen molar-refractivity contribution in [2.24, 2.45) is 5.73 Å². The summed E-state index contributed by atoms with van der Waals surface area (Å²) in [6.07, 6.45) is -12.6. The van der Waals surface area contributed by atoms with Gasteiger partial charge in [-0.15, -0.1) is 5.10 Å². The maximum absolute atomic E-state index is 12.3. The molecule has 2 aliphatic rings. The first-order valence-electron chi connectivity index (χ1n) is 13.2. The van der Waals surface area contributed by atoms with Gasteiger partial charge in [-0.1, -0.05) is 5.21 Å². The number of carbonyl (C=O) groups is 1. The summed E-state index contributed by atoms with van der Waals surface area (Å²) in [4.78, 5) is 34.7. The summed E-state index contributed by atoms with van der Waals surface area (Å²) in [5.74, 6) is -2.76. The second kappa shape index (κ2) is 15.1. The van der Waals surface area contributed by atoms with E-state index in [1.807, 2.05) is 0 Å². The molecule has 0 unspecified atom stereocenters. The number of aromatic amines is 1. The molecular weight excluding hydrogens is 609 g/mol. The van der Waals surface area contributed by atoms with E-state index in [0.29, 0.717) is 19.4 Å². The van der Waals surface area contributed by atoms with Gasteiger partial charge >= 0.3 is 17.8 Å². The number of rotatable bonds is 11. The van der Waals surface area contributed by atoms with Crippen LogP contribution >= 0.6 is 0 Å². The summed E-state index contributed by atoms with van der Waals surface area (Å²) >= 11 is 0. The van der Waals surface area contributed by atoms with Crippen LogP contribution in [0.4, 0.5) is 13.2 Å². The number of nitrogens with two attached hydrogens (primary N) is 1. The molecule has 4 rings (SSSR count). The first-order valence-corrected chi connectivity index (χ1v) is 13.2. The zero-order valence-corrected chi connectivity index (χ0v) is 22.8. The average molecular weight is 643 g/mol. The lowest BCUT2D eigenvalue weighted by atomic mass is 10.0. The Labute approximate surface area is 245 Å². The number of aliphatic carboxylic acids is 1. The molecule has 44 heavy (non-hydrogen) atoms. The number of halogens is 3. The van der Waals surface area contributed by atoms with Gasteiger partial charge in [-0.3, -0.25) is 19.0 Å². The molecule has 18 nitrogen and oxygen atoms in total. The molecule has 0 amide bonds. The van der Waals surface area contributed by atoms with Crippen LogP contribution in [0.1, 0.15) is 37.3 Å². The van der Waals surface area contributed by atoms with E-state index >= 15 is 0 Å². The van der Waals surface area contributed by atoms with Crippen molar-refractivity contribution in [2.75, 3.05) is 13.2 Å². The summed E-state index contributed by atoms with van der Waals surface area (Å²) in [5, 5.41) is 66.4. The quantitative estimate of drug-likeness (QED) is 0.112. The van der Waals surface area contributed by atoms with E-state index in [-0.39, 0.29) is 18.8 Å². The third-order valence-electron chi connectivity index (χ3n) is 6.67. The number of aromatic nitrogens is 5. The smallest absolute Gasteiger partial charge is 0.475 e. The zero-order valence-electron chi connectivity index (χ0n) is 22.8. The maximum Gasteiger partial charge on any atom is 0.490 e. The first-order chi connectivity index (χ1) is 20.7. The van der Waals surface area contributed by atoms with E-state index in [1.165, 1.54) is 10.9 Å². The van der Waals surface area contributed by atoms with Crippen LogP contribution < -0.4 is 17.0 Å². The van der Waals surface area contributed by atoms with Crippen LogP contribution in [-0.4, -0.2) is 123 Å². The van der Waals surface area contributed by atoms with E-state index in [4.69, 9.17) is 35.0 Å². The molecular formula is C23H33F3N6O12. The number of hydrogen-bond donors (Lipinski definition) is 8. The van der Waals surface area contributed by atoms with Gasteiger partial charge in [0.05, 0.1) is 6.20 Å². The molecule has 0 aromatic carbocycles. The number of ether oxygens (including phenoxy) is 3. The molecule has 0 radical (unpaired) electrons. The Morgan fingerprint density at radius 1 is 1.09 bits per heavy atom. The number of unbranched alkanes of at least 4 members (excludes halogenated alkanes) is 2. The van der Waals surface area contributed by atoms with Gasteiger partial charge in [0.25, 0.3) is 5.56 Å². The van der Waals surface area contributed by atoms with Crippen LogP contribution in [-0.2, 0) is 25.5 Å². The van der Waals surface area contributed by atoms with E-state index in [1.54, 1.807) is 0 Å². The molecule has 0 aliphatic carbocycles. The number of carboxylic acids is 1. The number of nitrogens with zero attached hydrogens (tertiary/aromatic N) is 4. The van der Waals surface area contributed by atoms with Crippen molar-refractivity contribution in [2.45, 2.75) is 87.2 Å². The Morgan fingerprint density at radius 2 is 1.77 bits per heavy atom. The lowest BCUT2D eigenvalue weighted by Crippen LogP contribution is -2.40. The van der Waals surface area contributed by atoms with Crippen molar-refractivity contribution in [1.29, 1.82) is 0 Å². The lowest BCUT2D eigenvalue weighted by molar-refractivity contribution is -0.224. The van der Waals surface area contributed by atoms with E-state index in [2.05, 4.69) is 15.3 Å². The number of aryl methyl sites for hydroxylation is 1. The van der Waals surface area contributed by atoms with Gasteiger partial charge in [0.2, 0.25) is 0 Å². The van der Waals surface area contributed by atoms with Crippen molar-refractivity contribution in [1.82, 2.24) is 24.5 Å². The molecule has 4 heterocycles. The molecule has 9 atom stereocenters. The Hall–Kier alpha value is -3.28. The molecule has 2 aromatic heterocycles. The van der Waals surface area contributed by atoms with Gasteiger partial charge in [-0.05, 0) is 19.3 Å². The number of aliphatic hydroxyl groups is 5. The largest absolute Gasteiger partial charge is 0.490 e. The highest BCUT2D eigenvalue weighted by Gasteiger charge is 2.52. The predicted octanol–water partition coefficient (Wildman–Crippen LogP) is -3.29. The second-order valence-electron chi connectivity index (χ2n) is 9.80. The summed E-state index contributed by atoms with van der Waals surface area (Å²) in [7, 11) is 0. The van der Waals surface area contributed by atoms with Gasteiger partial charge in [-0.2, -0.15) is 13.2 Å². The fraction of sp³-hybridized carbons (Fsp3) is 0.696. The van der Waals surface area contributed by atoms with Crippen LogP contribution in [0, 0.1) is 0 Å². The summed E-state index contributed by atoms with van der Waals surface area (Å²) in [6.45, 7) is 0.463. The van der Waals surface area contributed by atoms with Crippen molar-refractivity contribution in [3.63, 3.8) is 0 Å². The number of alkyl halides is 3. The number of carboxylic acid groups (broad SMARTS) is 1. The molecule has 21 heteroatoms. The van der Waals surface area contributed by atoms with Crippen LogP contribution in [0.15, 0.2) is 28.0 Å². The molecule has 0 saturated carbocycles. The van der Waals surface area contributed by atoms with E-state index in [0.717, 1.165) is 23.3 Å². The van der Waals surface area contributed by atoms with Gasteiger partial charge in [0.1, 0.15) is 48.4 Å². The van der Waals surface area contributed by atoms with Gasteiger partial charge in [0, 0.05) is 32.0 Å². The van der Waals surface area contributed by atoms with Crippen LogP contribution in [0.2, 0.25) is 0 Å². The van der Waals surface area contributed by atoms with E-state index < -0.39 is 78.6 Å². The Kier molecular flexibility index (Phi) is 12.1. The SMILES string of the molecule is NC[C@H]1O[C@@H](O[C@@H](c2cn(CCCCCO)nn2)[C@H]2O[C@@H](n3ccc(=O)[nH]c3=O)[C@H](O)[C@@H]2O)[C@H](O)[C@@H]1O.O=C(O)C(F)(F)F. The highest BCUT2D eigenvalue weighted by molar-refractivity contribution is 5.73. The molecule has 2 saturated heterocycles. The van der Waals surface area contributed by atoms with Crippen molar-refractivity contribution in [3.05, 3.63) is 45.0 Å². The Balaban J connectivity index is 0.000000676. The van der Waals surface area contributed by atoms with Gasteiger partial charge in [-0.25, -0.2) is 9.59 Å². The minimum Gasteiger partial charge on any atom is -0.475 e. The Morgan fingerprint density at radius 3 is 2.34 bits per heavy atom. The topological polar surface area (TPSA) is 278 Å². The first kappa shape index (κ1) is 35.2.